The molecule has 2 unspecified atom stereocenters. The Morgan fingerprint density at radius 3 is 2.31 bits per heavy atom. The Kier molecular flexibility index (Phi) is 9.89. The monoisotopic (exact) mass is 605 g/mol. The predicted octanol–water partition coefficient (Wildman–Crippen LogP) is 3.95. The van der Waals surface area contributed by atoms with E-state index in [0.717, 1.165) is 33.6 Å². The summed E-state index contributed by atoms with van der Waals surface area (Å²) in [5, 5.41) is 8.98. The zero-order chi connectivity index (χ0) is 31.8. The van der Waals surface area contributed by atoms with Gasteiger partial charge in [-0.25, -0.2) is 0 Å². The molecule has 232 valence electrons. The quantitative estimate of drug-likeness (QED) is 0.182. The van der Waals surface area contributed by atoms with E-state index in [4.69, 9.17) is 10.5 Å². The number of aromatic nitrogens is 1. The van der Waals surface area contributed by atoms with Crippen molar-refractivity contribution < 1.29 is 19.1 Å². The molecule has 0 saturated heterocycles. The predicted molar refractivity (Wildman–Crippen MR) is 172 cm³/mol. The Hall–Kier alpha value is -5.02. The first-order chi connectivity index (χ1) is 21.8. The van der Waals surface area contributed by atoms with Gasteiger partial charge in [-0.1, -0.05) is 60.2 Å². The van der Waals surface area contributed by atoms with E-state index >= 15 is 0 Å². The summed E-state index contributed by atoms with van der Waals surface area (Å²) in [4.78, 5) is 45.4. The number of nitrogens with one attached hydrogen (secondary N) is 3. The minimum Gasteiger partial charge on any atom is -0.494 e. The summed E-state index contributed by atoms with van der Waals surface area (Å²) in [5.41, 5.74) is 9.55. The van der Waals surface area contributed by atoms with Crippen molar-refractivity contribution in [1.82, 2.24) is 20.9 Å². The van der Waals surface area contributed by atoms with E-state index in [0.29, 0.717) is 25.1 Å². The van der Waals surface area contributed by atoms with Gasteiger partial charge >= 0.3 is 0 Å². The van der Waals surface area contributed by atoms with Crippen LogP contribution in [0.4, 0.5) is 0 Å². The Morgan fingerprint density at radius 1 is 0.956 bits per heavy atom. The molecule has 3 aromatic carbocycles. The van der Waals surface area contributed by atoms with Crippen molar-refractivity contribution in [1.29, 1.82) is 0 Å². The highest BCUT2D eigenvalue weighted by molar-refractivity contribution is 6.03. The van der Waals surface area contributed by atoms with Crippen molar-refractivity contribution in [3.05, 3.63) is 131 Å². The number of amides is 3. The van der Waals surface area contributed by atoms with E-state index in [2.05, 4.69) is 20.9 Å². The third kappa shape index (κ3) is 7.74. The molecule has 1 aromatic heterocycles. The lowest BCUT2D eigenvalue weighted by atomic mass is 10.0. The normalized spacial score (nSPS) is 17.5. The number of rotatable bonds is 13. The molecule has 0 bridgehead atoms. The van der Waals surface area contributed by atoms with E-state index in [9.17, 15) is 14.4 Å². The van der Waals surface area contributed by atoms with Crippen molar-refractivity contribution in [2.75, 3.05) is 6.61 Å². The van der Waals surface area contributed by atoms with Crippen LogP contribution in [0.5, 0.6) is 5.75 Å². The van der Waals surface area contributed by atoms with Crippen LogP contribution in [-0.2, 0) is 29.1 Å². The van der Waals surface area contributed by atoms with Gasteiger partial charge in [-0.3, -0.25) is 19.4 Å². The van der Waals surface area contributed by atoms with E-state index in [-0.39, 0.29) is 30.7 Å². The fourth-order valence-electron chi connectivity index (χ4n) is 5.41. The molecule has 9 nitrogen and oxygen atoms in total. The van der Waals surface area contributed by atoms with Crippen LogP contribution in [0.3, 0.4) is 0 Å². The van der Waals surface area contributed by atoms with Crippen LogP contribution in [0.25, 0.3) is 0 Å². The molecule has 5 rings (SSSR count). The first kappa shape index (κ1) is 31.4. The van der Waals surface area contributed by atoms with Gasteiger partial charge in [0, 0.05) is 43.4 Å². The topological polar surface area (TPSA) is 135 Å². The van der Waals surface area contributed by atoms with Gasteiger partial charge in [0.25, 0.3) is 5.91 Å². The fourth-order valence-corrected chi connectivity index (χ4v) is 5.41. The maximum atomic E-state index is 14.2. The molecule has 4 aromatic rings. The summed E-state index contributed by atoms with van der Waals surface area (Å²) in [7, 11) is 0. The second-order valence-corrected chi connectivity index (χ2v) is 11.4. The number of pyridine rings is 1. The van der Waals surface area contributed by atoms with Crippen LogP contribution in [0, 0.1) is 6.92 Å². The molecule has 9 heteroatoms. The number of hydrogen-bond donors (Lipinski definition) is 4. The molecule has 5 N–H and O–H groups in total. The Labute approximate surface area is 263 Å². The summed E-state index contributed by atoms with van der Waals surface area (Å²) in [6, 6.07) is 25.2. The molecular weight excluding hydrogens is 566 g/mol. The van der Waals surface area contributed by atoms with Crippen molar-refractivity contribution in [3.8, 4) is 5.75 Å². The number of hydrogen-bond acceptors (Lipinski definition) is 6. The number of ether oxygens (including phenoxy) is 1. The number of nitrogens with two attached hydrogens (primary N) is 1. The lowest BCUT2D eigenvalue weighted by Gasteiger charge is -2.24. The smallest absolute Gasteiger partial charge is 0.252 e. The molecule has 1 fully saturated rings. The van der Waals surface area contributed by atoms with Crippen molar-refractivity contribution in [2.24, 2.45) is 5.73 Å². The molecule has 0 aliphatic heterocycles. The molecule has 3 amide bonds. The highest BCUT2D eigenvalue weighted by atomic mass is 16.5. The molecular formula is C36H39N5O4. The molecule has 45 heavy (non-hydrogen) atoms. The lowest BCUT2D eigenvalue weighted by Crippen LogP contribution is -2.56. The summed E-state index contributed by atoms with van der Waals surface area (Å²) < 4.78 is 5.59. The summed E-state index contributed by atoms with van der Waals surface area (Å²) in [5.74, 6) is -0.670. The molecule has 1 heterocycles. The number of carbonyl (C=O) groups excluding carboxylic acids is 3. The highest BCUT2D eigenvalue weighted by Crippen LogP contribution is 2.52. The van der Waals surface area contributed by atoms with Gasteiger partial charge < -0.3 is 26.4 Å². The second-order valence-electron chi connectivity index (χ2n) is 11.4. The third-order valence-corrected chi connectivity index (χ3v) is 8.12. The van der Waals surface area contributed by atoms with E-state index < -0.39 is 17.5 Å². The van der Waals surface area contributed by atoms with Gasteiger partial charge in [-0.15, -0.1) is 0 Å². The van der Waals surface area contributed by atoms with Gasteiger partial charge in [-0.2, -0.15) is 0 Å². The van der Waals surface area contributed by atoms with Gasteiger partial charge in [0.1, 0.15) is 17.3 Å². The van der Waals surface area contributed by atoms with Crippen LogP contribution in [-0.4, -0.2) is 40.9 Å². The largest absolute Gasteiger partial charge is 0.494 e. The maximum Gasteiger partial charge on any atom is 0.252 e. The molecule has 0 radical (unpaired) electrons. The standard InChI is InChI=1S/C36H39N5O4/c1-3-45-30-16-14-28(15-17-30)31-20-36(31,41-33(42)29-12-6-24(2)7-13-29)35(44)40-32(19-27-5-4-18-38-22-27)34(43)39-23-26-10-8-25(21-37)9-11-26/h4-18,22,31-32H,3,19-21,23,37H2,1-2H3,(H,39,43)(H,40,44)(H,41,42)/t31?,32-,36?/m0/s1. The molecule has 1 aliphatic rings. The van der Waals surface area contributed by atoms with Crippen LogP contribution in [0.15, 0.2) is 97.3 Å². The van der Waals surface area contributed by atoms with Gasteiger partial charge in [0.05, 0.1) is 6.61 Å². The lowest BCUT2D eigenvalue weighted by molar-refractivity contribution is -0.130. The van der Waals surface area contributed by atoms with Crippen LogP contribution >= 0.6 is 0 Å². The van der Waals surface area contributed by atoms with Crippen LogP contribution in [0.1, 0.15) is 57.4 Å². The number of benzene rings is 3. The Balaban J connectivity index is 1.38. The van der Waals surface area contributed by atoms with E-state index in [1.165, 1.54) is 0 Å². The Bertz CT molecular complexity index is 1610. The second kappa shape index (κ2) is 14.2. The SMILES string of the molecule is CCOc1ccc(C2CC2(NC(=O)c2ccc(C)cc2)C(=O)N[C@@H](Cc2cccnc2)C(=O)NCc2ccc(CN)cc2)cc1. The van der Waals surface area contributed by atoms with Crippen molar-refractivity contribution >= 4 is 17.7 Å². The fraction of sp³-hybridized carbons (Fsp3) is 0.278. The van der Waals surface area contributed by atoms with Crippen molar-refractivity contribution in [2.45, 2.75) is 57.3 Å². The highest BCUT2D eigenvalue weighted by Gasteiger charge is 2.62. The summed E-state index contributed by atoms with van der Waals surface area (Å²) in [6.45, 7) is 5.13. The maximum absolute atomic E-state index is 14.2. The van der Waals surface area contributed by atoms with Gasteiger partial charge in [0.15, 0.2) is 0 Å². The zero-order valence-electron chi connectivity index (χ0n) is 25.6. The molecule has 0 spiro atoms. The minimum absolute atomic E-state index is 0.229. The van der Waals surface area contributed by atoms with E-state index in [1.807, 2.05) is 80.6 Å². The van der Waals surface area contributed by atoms with Crippen LogP contribution < -0.4 is 26.4 Å². The number of nitrogens with zero attached hydrogens (tertiary/aromatic N) is 1. The van der Waals surface area contributed by atoms with Gasteiger partial charge in [-0.05, 0) is 72.9 Å². The molecule has 3 atom stereocenters. The van der Waals surface area contributed by atoms with E-state index in [1.54, 1.807) is 30.6 Å². The Morgan fingerprint density at radius 2 is 1.67 bits per heavy atom. The minimum atomic E-state index is -1.24. The number of carbonyl (C=O) groups is 3. The number of aryl methyl sites for hydroxylation is 1. The van der Waals surface area contributed by atoms with Crippen molar-refractivity contribution in [3.63, 3.8) is 0 Å². The average molecular weight is 606 g/mol. The average Bonchev–Trinajstić information content (AvgIpc) is 3.79. The molecule has 1 aliphatic carbocycles. The third-order valence-electron chi connectivity index (χ3n) is 8.12. The molecule has 1 saturated carbocycles. The first-order valence-corrected chi connectivity index (χ1v) is 15.2. The van der Waals surface area contributed by atoms with Crippen LogP contribution in [0.2, 0.25) is 0 Å². The summed E-state index contributed by atoms with van der Waals surface area (Å²) >= 11 is 0. The zero-order valence-corrected chi connectivity index (χ0v) is 25.6. The summed E-state index contributed by atoms with van der Waals surface area (Å²) in [6.07, 6.45) is 3.95. The van der Waals surface area contributed by atoms with Gasteiger partial charge in [0.2, 0.25) is 11.8 Å². The first-order valence-electron chi connectivity index (χ1n) is 15.2.